The maximum absolute atomic E-state index is 6.08. The Balaban J connectivity index is 1.41. The van der Waals surface area contributed by atoms with E-state index in [1.54, 1.807) is 14.2 Å². The molecule has 0 unspecified atom stereocenters. The lowest BCUT2D eigenvalue weighted by Gasteiger charge is -2.16. The molecule has 0 fully saturated rings. The van der Waals surface area contributed by atoms with Crippen LogP contribution in [0, 0.1) is 0 Å². The Morgan fingerprint density at radius 1 is 0.476 bits per heavy atom. The molecule has 6 rings (SSSR count). The van der Waals surface area contributed by atoms with Gasteiger partial charge >= 0.3 is 0 Å². The first-order chi connectivity index (χ1) is 20.8. The number of hydrogen-bond donors (Lipinski definition) is 2. The summed E-state index contributed by atoms with van der Waals surface area (Å²) in [4.78, 5) is 16.6. The number of nitrogens with zero attached hydrogens (tertiary/aromatic N) is 2. The molecule has 0 saturated heterocycles. The van der Waals surface area contributed by atoms with Crippen LogP contribution in [0.25, 0.3) is 56.4 Å². The normalized spacial score (nSPS) is 11.0. The summed E-state index contributed by atoms with van der Waals surface area (Å²) < 4.78 is 22.6. The van der Waals surface area contributed by atoms with Gasteiger partial charge in [0.15, 0.2) is 13.6 Å². The number of para-hydroxylation sites is 2. The SMILES string of the molecule is COCOc1c(-c2cccc(-c3cccc(-c4cccc(-c5ccc[nH]5)c4OCOC)n3)n2)cccc1-c1ccc[nH]1. The molecule has 8 nitrogen and oxygen atoms in total. The molecule has 0 aliphatic rings. The van der Waals surface area contributed by atoms with E-state index in [1.807, 2.05) is 109 Å². The van der Waals surface area contributed by atoms with E-state index in [1.165, 1.54) is 0 Å². The lowest BCUT2D eigenvalue weighted by Crippen LogP contribution is -2.03. The molecule has 0 saturated carbocycles. The van der Waals surface area contributed by atoms with Crippen LogP contribution >= 0.6 is 0 Å². The minimum Gasteiger partial charge on any atom is -0.466 e. The molecule has 0 aliphatic carbocycles. The maximum atomic E-state index is 6.08. The monoisotopic (exact) mass is 558 g/mol. The smallest absolute Gasteiger partial charge is 0.188 e. The number of rotatable bonds is 11. The molecule has 0 amide bonds. The summed E-state index contributed by atoms with van der Waals surface area (Å²) in [6, 6.07) is 31.8. The van der Waals surface area contributed by atoms with Crippen LogP contribution in [0.2, 0.25) is 0 Å². The van der Waals surface area contributed by atoms with Gasteiger partial charge in [0.05, 0.1) is 22.8 Å². The van der Waals surface area contributed by atoms with E-state index < -0.39 is 0 Å². The van der Waals surface area contributed by atoms with E-state index in [-0.39, 0.29) is 13.6 Å². The van der Waals surface area contributed by atoms with Crippen LogP contribution in [0.15, 0.2) is 109 Å². The topological polar surface area (TPSA) is 94.3 Å². The number of methoxy groups -OCH3 is 2. The quantitative estimate of drug-likeness (QED) is 0.161. The number of pyridine rings is 2. The highest BCUT2D eigenvalue weighted by Crippen LogP contribution is 2.40. The van der Waals surface area contributed by atoms with Crippen molar-refractivity contribution in [3.63, 3.8) is 0 Å². The number of benzene rings is 2. The highest BCUT2D eigenvalue weighted by atomic mass is 16.7. The van der Waals surface area contributed by atoms with Crippen LogP contribution in [0.5, 0.6) is 11.5 Å². The average molecular weight is 559 g/mol. The van der Waals surface area contributed by atoms with Crippen molar-refractivity contribution in [2.24, 2.45) is 0 Å². The predicted molar refractivity (Wildman–Crippen MR) is 163 cm³/mol. The van der Waals surface area contributed by atoms with E-state index in [4.69, 9.17) is 28.9 Å². The van der Waals surface area contributed by atoms with Crippen molar-refractivity contribution < 1.29 is 18.9 Å². The fourth-order valence-corrected chi connectivity index (χ4v) is 4.90. The first-order valence-corrected chi connectivity index (χ1v) is 13.5. The van der Waals surface area contributed by atoms with Crippen LogP contribution < -0.4 is 9.47 Å². The van der Waals surface area contributed by atoms with Crippen LogP contribution in [0.4, 0.5) is 0 Å². The second kappa shape index (κ2) is 12.6. The summed E-state index contributed by atoms with van der Waals surface area (Å²) in [5.41, 5.74) is 8.43. The van der Waals surface area contributed by atoms with Crippen LogP contribution in [0.3, 0.4) is 0 Å². The average Bonchev–Trinajstić information content (AvgIpc) is 3.78. The molecule has 42 heavy (non-hydrogen) atoms. The first kappa shape index (κ1) is 27.0. The third-order valence-corrected chi connectivity index (χ3v) is 6.76. The third kappa shape index (κ3) is 5.54. The number of hydrogen-bond acceptors (Lipinski definition) is 6. The van der Waals surface area contributed by atoms with Gasteiger partial charge in [0.1, 0.15) is 11.5 Å². The van der Waals surface area contributed by atoms with Crippen molar-refractivity contribution >= 4 is 0 Å². The van der Waals surface area contributed by atoms with Gasteiger partial charge in [-0.15, -0.1) is 0 Å². The second-order valence-electron chi connectivity index (χ2n) is 9.45. The minimum absolute atomic E-state index is 0.114. The van der Waals surface area contributed by atoms with E-state index in [2.05, 4.69) is 9.97 Å². The Hall–Kier alpha value is -5.18. The summed E-state index contributed by atoms with van der Waals surface area (Å²) in [5, 5.41) is 0. The first-order valence-electron chi connectivity index (χ1n) is 13.5. The Morgan fingerprint density at radius 2 is 0.881 bits per heavy atom. The van der Waals surface area contributed by atoms with E-state index in [9.17, 15) is 0 Å². The van der Waals surface area contributed by atoms with Crippen molar-refractivity contribution in [3.8, 4) is 67.9 Å². The molecule has 0 atom stereocenters. The zero-order chi connectivity index (χ0) is 28.7. The van der Waals surface area contributed by atoms with Crippen LogP contribution in [-0.4, -0.2) is 47.7 Å². The molecule has 210 valence electrons. The molecule has 0 aliphatic heterocycles. The Morgan fingerprint density at radius 3 is 1.29 bits per heavy atom. The summed E-state index contributed by atoms with van der Waals surface area (Å²) in [6.45, 7) is 0.228. The van der Waals surface area contributed by atoms with Gasteiger partial charge in [0.2, 0.25) is 0 Å². The highest BCUT2D eigenvalue weighted by Gasteiger charge is 2.18. The van der Waals surface area contributed by atoms with E-state index >= 15 is 0 Å². The van der Waals surface area contributed by atoms with E-state index in [0.29, 0.717) is 11.5 Å². The lowest BCUT2D eigenvalue weighted by atomic mass is 10.0. The van der Waals surface area contributed by atoms with Gasteiger partial charge in [-0.05, 0) is 72.8 Å². The number of ether oxygens (including phenoxy) is 4. The second-order valence-corrected chi connectivity index (χ2v) is 9.45. The minimum atomic E-state index is 0.114. The summed E-state index contributed by atoms with van der Waals surface area (Å²) in [6.07, 6.45) is 3.78. The maximum Gasteiger partial charge on any atom is 0.188 e. The van der Waals surface area contributed by atoms with Gasteiger partial charge in [-0.25, -0.2) is 9.97 Å². The Bertz CT molecular complexity index is 1630. The number of nitrogens with one attached hydrogen (secondary N) is 2. The van der Waals surface area contributed by atoms with Crippen molar-refractivity contribution in [3.05, 3.63) is 109 Å². The Kier molecular flexibility index (Phi) is 8.07. The summed E-state index contributed by atoms with van der Waals surface area (Å²) in [7, 11) is 3.21. The molecular formula is C34H30N4O4. The van der Waals surface area contributed by atoms with E-state index in [0.717, 1.165) is 56.4 Å². The van der Waals surface area contributed by atoms with Gasteiger partial charge in [-0.2, -0.15) is 0 Å². The van der Waals surface area contributed by atoms with Gasteiger partial charge in [0.25, 0.3) is 0 Å². The van der Waals surface area contributed by atoms with Crippen molar-refractivity contribution in [2.45, 2.75) is 0 Å². The number of aromatic nitrogens is 4. The molecule has 0 radical (unpaired) electrons. The molecule has 0 spiro atoms. The van der Waals surface area contributed by atoms with Gasteiger partial charge < -0.3 is 28.9 Å². The van der Waals surface area contributed by atoms with Crippen molar-refractivity contribution in [2.75, 3.05) is 27.8 Å². The van der Waals surface area contributed by atoms with Crippen LogP contribution in [-0.2, 0) is 9.47 Å². The highest BCUT2D eigenvalue weighted by molar-refractivity contribution is 5.82. The molecule has 6 aromatic rings. The molecular weight excluding hydrogens is 528 g/mol. The van der Waals surface area contributed by atoms with Gasteiger partial charge in [0, 0.05) is 60.3 Å². The molecule has 4 aromatic heterocycles. The van der Waals surface area contributed by atoms with Crippen molar-refractivity contribution in [1.29, 1.82) is 0 Å². The van der Waals surface area contributed by atoms with Gasteiger partial charge in [-0.3, -0.25) is 0 Å². The molecule has 0 bridgehead atoms. The predicted octanol–water partition coefficient (Wildman–Crippen LogP) is 7.43. The van der Waals surface area contributed by atoms with Gasteiger partial charge in [-0.1, -0.05) is 24.3 Å². The zero-order valence-electron chi connectivity index (χ0n) is 23.3. The fourth-order valence-electron chi connectivity index (χ4n) is 4.90. The summed E-state index contributed by atoms with van der Waals surface area (Å²) in [5.74, 6) is 1.38. The molecule has 4 heterocycles. The lowest BCUT2D eigenvalue weighted by molar-refractivity contribution is 0.0517. The number of H-pyrrole nitrogens is 2. The van der Waals surface area contributed by atoms with Crippen molar-refractivity contribution in [1.82, 2.24) is 19.9 Å². The third-order valence-electron chi connectivity index (χ3n) is 6.76. The zero-order valence-corrected chi connectivity index (χ0v) is 23.3. The standard InChI is InChI=1S/C34H30N4O4/c1-39-21-41-33-23(27-17-7-19-35-27)9-3-11-25(33)29-13-5-15-31(37-29)32-16-6-14-30(38-32)26-12-4-10-24(28-18-8-20-36-28)34(26)42-22-40-2/h3-20,35-36H,21-22H2,1-2H3. The molecule has 2 aromatic carbocycles. The van der Waals surface area contributed by atoms with Crippen LogP contribution in [0.1, 0.15) is 0 Å². The molecule has 2 N–H and O–H groups in total. The number of aromatic amines is 2. The molecule has 8 heteroatoms. The Labute approximate surface area is 243 Å². The summed E-state index contributed by atoms with van der Waals surface area (Å²) >= 11 is 0. The largest absolute Gasteiger partial charge is 0.466 e. The fraction of sp³-hybridized carbons (Fsp3) is 0.118.